The van der Waals surface area contributed by atoms with Crippen molar-refractivity contribution in [3.05, 3.63) is 23.9 Å². The number of benzene rings is 1. The van der Waals surface area contributed by atoms with E-state index < -0.39 is 5.97 Å². The first-order valence-electron chi connectivity index (χ1n) is 4.94. The van der Waals surface area contributed by atoms with Crippen LogP contribution in [0.15, 0.2) is 22.7 Å². The first-order valence-corrected chi connectivity index (χ1v) is 4.94. The van der Waals surface area contributed by atoms with Gasteiger partial charge in [0.1, 0.15) is 5.69 Å². The molecule has 0 atom stereocenters. The Kier molecular flexibility index (Phi) is 2.76. The highest BCUT2D eigenvalue weighted by atomic mass is 16.5. The van der Waals surface area contributed by atoms with Crippen LogP contribution in [0, 0.1) is 0 Å². The van der Waals surface area contributed by atoms with E-state index in [2.05, 4.69) is 5.16 Å². The van der Waals surface area contributed by atoms with E-state index in [1.807, 2.05) is 6.92 Å². The molecule has 0 saturated carbocycles. The smallest absolute Gasteiger partial charge is 0.309 e. The Morgan fingerprint density at radius 3 is 3.06 bits per heavy atom. The number of aliphatic carboxylic acids is 1. The van der Waals surface area contributed by atoms with Crippen molar-refractivity contribution in [2.24, 2.45) is 0 Å². The normalized spacial score (nSPS) is 10.6. The van der Waals surface area contributed by atoms with Gasteiger partial charge in [-0.05, 0) is 19.1 Å². The van der Waals surface area contributed by atoms with Gasteiger partial charge in [-0.3, -0.25) is 4.79 Å². The minimum Gasteiger partial charge on any atom is -0.490 e. The van der Waals surface area contributed by atoms with Crippen LogP contribution in [-0.4, -0.2) is 22.8 Å². The predicted molar refractivity (Wildman–Crippen MR) is 56.5 cm³/mol. The largest absolute Gasteiger partial charge is 0.490 e. The molecular weight excluding hydrogens is 210 g/mol. The predicted octanol–water partition coefficient (Wildman–Crippen LogP) is 1.85. The number of carbonyl (C=O) groups is 1. The fourth-order valence-electron chi connectivity index (χ4n) is 1.53. The van der Waals surface area contributed by atoms with E-state index in [1.54, 1.807) is 18.2 Å². The van der Waals surface area contributed by atoms with Gasteiger partial charge < -0.3 is 14.4 Å². The molecule has 16 heavy (non-hydrogen) atoms. The van der Waals surface area contributed by atoms with E-state index in [1.165, 1.54) is 0 Å². The zero-order chi connectivity index (χ0) is 11.5. The Balaban J connectivity index is 2.48. The van der Waals surface area contributed by atoms with Crippen LogP contribution in [0.4, 0.5) is 0 Å². The van der Waals surface area contributed by atoms with E-state index in [0.29, 0.717) is 29.0 Å². The van der Waals surface area contributed by atoms with Crippen LogP contribution >= 0.6 is 0 Å². The molecule has 1 heterocycles. The average Bonchev–Trinajstić information content (AvgIpc) is 2.63. The van der Waals surface area contributed by atoms with Crippen LogP contribution in [0.5, 0.6) is 5.75 Å². The third-order valence-corrected chi connectivity index (χ3v) is 2.16. The molecule has 0 aliphatic rings. The Labute approximate surface area is 91.6 Å². The van der Waals surface area contributed by atoms with Crippen LogP contribution in [0.1, 0.15) is 12.6 Å². The average molecular weight is 221 g/mol. The van der Waals surface area contributed by atoms with Gasteiger partial charge in [-0.2, -0.15) is 0 Å². The highest BCUT2D eigenvalue weighted by Gasteiger charge is 2.14. The Morgan fingerprint density at radius 1 is 1.56 bits per heavy atom. The lowest BCUT2D eigenvalue weighted by Crippen LogP contribution is -2.00. The number of hydrogen-bond acceptors (Lipinski definition) is 4. The maximum atomic E-state index is 10.6. The topological polar surface area (TPSA) is 72.6 Å². The van der Waals surface area contributed by atoms with Gasteiger partial charge in [-0.15, -0.1) is 0 Å². The molecule has 0 unspecified atom stereocenters. The Hall–Kier alpha value is -2.04. The zero-order valence-electron chi connectivity index (χ0n) is 8.77. The summed E-state index contributed by atoms with van der Waals surface area (Å²) in [5.41, 5.74) is 0.921. The number of carboxylic acid groups (broad SMARTS) is 1. The second-order valence-corrected chi connectivity index (χ2v) is 3.27. The minimum absolute atomic E-state index is 0.150. The van der Waals surface area contributed by atoms with Gasteiger partial charge in [0.25, 0.3) is 0 Å². The van der Waals surface area contributed by atoms with Crippen molar-refractivity contribution in [3.8, 4) is 5.75 Å². The van der Waals surface area contributed by atoms with Crippen molar-refractivity contribution in [1.82, 2.24) is 5.16 Å². The quantitative estimate of drug-likeness (QED) is 0.852. The molecule has 5 nitrogen and oxygen atoms in total. The van der Waals surface area contributed by atoms with Crippen molar-refractivity contribution in [3.63, 3.8) is 0 Å². The Bertz CT molecular complexity index is 518. The summed E-state index contributed by atoms with van der Waals surface area (Å²) in [6.07, 6.45) is -0.150. The van der Waals surface area contributed by atoms with Gasteiger partial charge in [-0.1, -0.05) is 11.2 Å². The molecule has 0 saturated heterocycles. The number of hydrogen-bond donors (Lipinski definition) is 1. The van der Waals surface area contributed by atoms with E-state index in [9.17, 15) is 4.79 Å². The first-order chi connectivity index (χ1) is 7.72. The van der Waals surface area contributed by atoms with Gasteiger partial charge in [0.2, 0.25) is 5.58 Å². The molecule has 0 aliphatic carbocycles. The minimum atomic E-state index is -0.933. The Morgan fingerprint density at radius 2 is 2.38 bits per heavy atom. The second kappa shape index (κ2) is 4.22. The highest BCUT2D eigenvalue weighted by molar-refractivity contribution is 5.87. The number of ether oxygens (including phenoxy) is 1. The van der Waals surface area contributed by atoms with Gasteiger partial charge >= 0.3 is 5.97 Å². The molecule has 0 fully saturated rings. The molecule has 1 N–H and O–H groups in total. The van der Waals surface area contributed by atoms with Crippen molar-refractivity contribution < 1.29 is 19.2 Å². The van der Waals surface area contributed by atoms with Crippen molar-refractivity contribution in [1.29, 1.82) is 0 Å². The summed E-state index contributed by atoms with van der Waals surface area (Å²) in [5.74, 6) is -0.346. The van der Waals surface area contributed by atoms with Crippen molar-refractivity contribution in [2.45, 2.75) is 13.3 Å². The van der Waals surface area contributed by atoms with Gasteiger partial charge in [-0.25, -0.2) is 0 Å². The standard InChI is InChI=1S/C11H11NO4/c1-2-15-9-5-3-4-7-8(6-10(13)14)12-16-11(7)9/h3-5H,2,6H2,1H3,(H,13,14). The molecule has 1 aromatic heterocycles. The van der Waals surface area contributed by atoms with E-state index in [0.717, 1.165) is 0 Å². The lowest BCUT2D eigenvalue weighted by Gasteiger charge is -2.01. The third-order valence-electron chi connectivity index (χ3n) is 2.16. The summed E-state index contributed by atoms with van der Waals surface area (Å²) in [7, 11) is 0. The molecule has 0 aliphatic heterocycles. The van der Waals surface area contributed by atoms with Crippen LogP contribution < -0.4 is 4.74 Å². The first kappa shape index (κ1) is 10.5. The summed E-state index contributed by atoms with van der Waals surface area (Å²) in [4.78, 5) is 10.6. The lowest BCUT2D eigenvalue weighted by atomic mass is 10.1. The van der Waals surface area contributed by atoms with E-state index in [-0.39, 0.29) is 6.42 Å². The fraction of sp³-hybridized carbons (Fsp3) is 0.273. The van der Waals surface area contributed by atoms with Crippen molar-refractivity contribution in [2.75, 3.05) is 6.61 Å². The lowest BCUT2D eigenvalue weighted by molar-refractivity contribution is -0.136. The number of carboxylic acids is 1. The molecule has 0 amide bonds. The number of fused-ring (bicyclic) bond motifs is 1. The van der Waals surface area contributed by atoms with Crippen LogP contribution in [0.25, 0.3) is 11.0 Å². The van der Waals surface area contributed by atoms with Crippen LogP contribution in [0.3, 0.4) is 0 Å². The molecule has 0 spiro atoms. The fourth-order valence-corrected chi connectivity index (χ4v) is 1.53. The maximum Gasteiger partial charge on any atom is 0.309 e. The summed E-state index contributed by atoms with van der Waals surface area (Å²) >= 11 is 0. The molecule has 2 aromatic rings. The molecular formula is C11H11NO4. The number of rotatable bonds is 4. The van der Waals surface area contributed by atoms with Gasteiger partial charge in [0.15, 0.2) is 5.75 Å². The van der Waals surface area contributed by atoms with Crippen LogP contribution in [0.2, 0.25) is 0 Å². The van der Waals surface area contributed by atoms with E-state index in [4.69, 9.17) is 14.4 Å². The van der Waals surface area contributed by atoms with E-state index >= 15 is 0 Å². The number of para-hydroxylation sites is 1. The maximum absolute atomic E-state index is 10.6. The third kappa shape index (κ3) is 1.84. The summed E-state index contributed by atoms with van der Waals surface area (Å²) < 4.78 is 10.5. The highest BCUT2D eigenvalue weighted by Crippen LogP contribution is 2.28. The zero-order valence-corrected chi connectivity index (χ0v) is 8.77. The molecule has 0 radical (unpaired) electrons. The number of nitrogens with zero attached hydrogens (tertiary/aromatic N) is 1. The molecule has 84 valence electrons. The SMILES string of the molecule is CCOc1cccc2c(CC(=O)O)noc12. The second-order valence-electron chi connectivity index (χ2n) is 3.27. The molecule has 1 aromatic carbocycles. The summed E-state index contributed by atoms with van der Waals surface area (Å²) in [6.45, 7) is 2.39. The summed E-state index contributed by atoms with van der Waals surface area (Å²) in [6, 6.07) is 5.32. The summed E-state index contributed by atoms with van der Waals surface area (Å²) in [5, 5.41) is 13.1. The monoisotopic (exact) mass is 221 g/mol. The van der Waals surface area contributed by atoms with Crippen LogP contribution in [-0.2, 0) is 11.2 Å². The molecule has 2 rings (SSSR count). The van der Waals surface area contributed by atoms with Gasteiger partial charge in [0.05, 0.1) is 13.0 Å². The van der Waals surface area contributed by atoms with Gasteiger partial charge in [0, 0.05) is 5.39 Å². The molecule has 5 heteroatoms. The van der Waals surface area contributed by atoms with Crippen molar-refractivity contribution >= 4 is 16.9 Å². The molecule has 0 bridgehead atoms. The number of aromatic nitrogens is 1.